The maximum Gasteiger partial charge on any atom is 0.287 e. The van der Waals surface area contributed by atoms with Gasteiger partial charge in [-0.1, -0.05) is 23.2 Å². The standard InChI is InChI=1S/C13H7BrCl2N2O3/c14-9-3-2-8(15)6-11(9)17-13(19)7-1-4-12(18(20)21)10(16)5-7/h1-6H,(H,17,19). The van der Waals surface area contributed by atoms with Crippen molar-refractivity contribution in [1.29, 1.82) is 0 Å². The second-order valence-electron chi connectivity index (χ2n) is 4.00. The molecule has 1 N–H and O–H groups in total. The number of benzene rings is 2. The molecule has 0 spiro atoms. The van der Waals surface area contributed by atoms with Crippen molar-refractivity contribution in [1.82, 2.24) is 0 Å². The molecular formula is C13H7BrCl2N2O3. The molecule has 0 saturated carbocycles. The summed E-state index contributed by atoms with van der Waals surface area (Å²) in [6, 6.07) is 8.71. The summed E-state index contributed by atoms with van der Waals surface area (Å²) in [6.07, 6.45) is 0. The van der Waals surface area contributed by atoms with E-state index in [0.29, 0.717) is 15.2 Å². The fourth-order valence-electron chi connectivity index (χ4n) is 1.58. The van der Waals surface area contributed by atoms with Gasteiger partial charge in [0.05, 0.1) is 10.6 Å². The van der Waals surface area contributed by atoms with E-state index in [1.165, 1.54) is 18.2 Å². The zero-order valence-electron chi connectivity index (χ0n) is 10.3. The molecule has 8 heteroatoms. The van der Waals surface area contributed by atoms with E-state index in [0.717, 1.165) is 0 Å². The lowest BCUT2D eigenvalue weighted by Crippen LogP contribution is -2.12. The summed E-state index contributed by atoms with van der Waals surface area (Å²) in [4.78, 5) is 22.2. The molecule has 108 valence electrons. The number of carbonyl (C=O) groups excluding carboxylic acids is 1. The van der Waals surface area contributed by atoms with Gasteiger partial charge < -0.3 is 5.32 Å². The van der Waals surface area contributed by atoms with Crippen LogP contribution in [0.2, 0.25) is 10.0 Å². The molecule has 5 nitrogen and oxygen atoms in total. The Balaban J connectivity index is 2.26. The first-order valence-corrected chi connectivity index (χ1v) is 7.13. The summed E-state index contributed by atoms with van der Waals surface area (Å²) in [5, 5.41) is 13.7. The third-order valence-electron chi connectivity index (χ3n) is 2.58. The highest BCUT2D eigenvalue weighted by atomic mass is 79.9. The van der Waals surface area contributed by atoms with Crippen molar-refractivity contribution >= 4 is 56.4 Å². The average molecular weight is 390 g/mol. The lowest BCUT2D eigenvalue weighted by molar-refractivity contribution is -0.384. The molecule has 0 saturated heterocycles. The molecule has 0 aromatic heterocycles. The topological polar surface area (TPSA) is 72.2 Å². The van der Waals surface area contributed by atoms with E-state index in [4.69, 9.17) is 23.2 Å². The second-order valence-corrected chi connectivity index (χ2v) is 5.70. The molecule has 0 bridgehead atoms. The molecule has 1 amide bonds. The van der Waals surface area contributed by atoms with E-state index < -0.39 is 10.8 Å². The second kappa shape index (κ2) is 6.43. The summed E-state index contributed by atoms with van der Waals surface area (Å²) in [7, 11) is 0. The van der Waals surface area contributed by atoms with Crippen LogP contribution in [-0.2, 0) is 0 Å². The highest BCUT2D eigenvalue weighted by Gasteiger charge is 2.16. The number of halogens is 3. The number of nitrogens with one attached hydrogen (secondary N) is 1. The molecule has 0 aliphatic rings. The largest absolute Gasteiger partial charge is 0.321 e. The smallest absolute Gasteiger partial charge is 0.287 e. The van der Waals surface area contributed by atoms with Gasteiger partial charge >= 0.3 is 0 Å². The molecule has 0 atom stereocenters. The summed E-state index contributed by atoms with van der Waals surface area (Å²) in [5.41, 5.74) is 0.441. The number of hydrogen-bond acceptors (Lipinski definition) is 3. The summed E-state index contributed by atoms with van der Waals surface area (Å²) in [6.45, 7) is 0. The Labute approximate surface area is 138 Å². The number of nitrogens with zero attached hydrogens (tertiary/aromatic N) is 1. The van der Waals surface area contributed by atoms with Crippen LogP contribution in [0.5, 0.6) is 0 Å². The van der Waals surface area contributed by atoms with Crippen LogP contribution in [-0.4, -0.2) is 10.8 Å². The first-order valence-electron chi connectivity index (χ1n) is 5.59. The van der Waals surface area contributed by atoms with Crippen molar-refractivity contribution in [3.8, 4) is 0 Å². The van der Waals surface area contributed by atoms with Gasteiger partial charge in [0.2, 0.25) is 0 Å². The number of nitro benzene ring substituents is 1. The van der Waals surface area contributed by atoms with Crippen LogP contribution in [0, 0.1) is 10.1 Å². The van der Waals surface area contributed by atoms with Gasteiger partial charge in [-0.25, -0.2) is 0 Å². The fourth-order valence-corrected chi connectivity index (χ4v) is 2.35. The van der Waals surface area contributed by atoms with Crippen molar-refractivity contribution < 1.29 is 9.72 Å². The van der Waals surface area contributed by atoms with Crippen molar-refractivity contribution in [2.24, 2.45) is 0 Å². The van der Waals surface area contributed by atoms with Gasteiger partial charge in [0.1, 0.15) is 5.02 Å². The van der Waals surface area contributed by atoms with E-state index in [-0.39, 0.29) is 16.3 Å². The SMILES string of the molecule is O=C(Nc1cc(Cl)ccc1Br)c1ccc([N+](=O)[O-])c(Cl)c1. The lowest BCUT2D eigenvalue weighted by Gasteiger charge is -2.08. The maximum atomic E-state index is 12.1. The summed E-state index contributed by atoms with van der Waals surface area (Å²) in [5.74, 6) is -0.449. The van der Waals surface area contributed by atoms with Gasteiger partial charge in [-0.2, -0.15) is 0 Å². The Morgan fingerprint density at radius 3 is 2.52 bits per heavy atom. The molecule has 0 heterocycles. The first-order chi connectivity index (χ1) is 9.88. The van der Waals surface area contributed by atoms with Crippen LogP contribution in [0.15, 0.2) is 40.9 Å². The van der Waals surface area contributed by atoms with Crippen molar-refractivity contribution in [2.75, 3.05) is 5.32 Å². The Hall–Kier alpha value is -1.63. The van der Waals surface area contributed by atoms with E-state index in [9.17, 15) is 14.9 Å². The van der Waals surface area contributed by atoms with Crippen LogP contribution in [0.1, 0.15) is 10.4 Å². The van der Waals surface area contributed by atoms with Gasteiger partial charge in [0.25, 0.3) is 11.6 Å². The number of amides is 1. The Kier molecular flexibility index (Phi) is 4.82. The van der Waals surface area contributed by atoms with Crippen LogP contribution >= 0.6 is 39.1 Å². The predicted octanol–water partition coefficient (Wildman–Crippen LogP) is 4.92. The maximum absolute atomic E-state index is 12.1. The third-order valence-corrected chi connectivity index (χ3v) is 3.81. The van der Waals surface area contributed by atoms with Crippen molar-refractivity contribution in [3.63, 3.8) is 0 Å². The molecule has 0 radical (unpaired) electrons. The number of rotatable bonds is 3. The van der Waals surface area contributed by atoms with E-state index in [2.05, 4.69) is 21.2 Å². The number of carbonyl (C=O) groups is 1. The zero-order chi connectivity index (χ0) is 15.6. The zero-order valence-corrected chi connectivity index (χ0v) is 13.4. The number of anilines is 1. The van der Waals surface area contributed by atoms with Gasteiger partial charge in [-0.15, -0.1) is 0 Å². The Bertz CT molecular complexity index is 737. The molecule has 21 heavy (non-hydrogen) atoms. The highest BCUT2D eigenvalue weighted by Crippen LogP contribution is 2.28. The number of hydrogen-bond donors (Lipinski definition) is 1. The molecule has 0 fully saturated rings. The Morgan fingerprint density at radius 2 is 1.90 bits per heavy atom. The monoisotopic (exact) mass is 388 g/mol. The van der Waals surface area contributed by atoms with Gasteiger partial charge in [-0.05, 0) is 46.3 Å². The summed E-state index contributed by atoms with van der Waals surface area (Å²) < 4.78 is 0.660. The van der Waals surface area contributed by atoms with Gasteiger partial charge in [0, 0.05) is 21.1 Å². The predicted molar refractivity (Wildman–Crippen MR) is 85.2 cm³/mol. The number of nitro groups is 1. The van der Waals surface area contributed by atoms with Crippen molar-refractivity contribution in [3.05, 3.63) is 66.6 Å². The fraction of sp³-hybridized carbons (Fsp3) is 0. The van der Waals surface area contributed by atoms with Gasteiger partial charge in [-0.3, -0.25) is 14.9 Å². The molecular weight excluding hydrogens is 383 g/mol. The summed E-state index contributed by atoms with van der Waals surface area (Å²) >= 11 is 14.9. The molecule has 0 unspecified atom stereocenters. The molecule has 2 aromatic rings. The average Bonchev–Trinajstić information content (AvgIpc) is 2.42. The van der Waals surface area contributed by atoms with E-state index in [1.54, 1.807) is 18.2 Å². The molecule has 2 aromatic carbocycles. The highest BCUT2D eigenvalue weighted by molar-refractivity contribution is 9.10. The van der Waals surface area contributed by atoms with Crippen LogP contribution in [0.3, 0.4) is 0 Å². The lowest BCUT2D eigenvalue weighted by atomic mass is 10.2. The van der Waals surface area contributed by atoms with Gasteiger partial charge in [0.15, 0.2) is 0 Å². The Morgan fingerprint density at radius 1 is 1.19 bits per heavy atom. The minimum absolute atomic E-state index is 0.0993. The minimum Gasteiger partial charge on any atom is -0.321 e. The normalized spacial score (nSPS) is 10.2. The molecule has 0 aliphatic carbocycles. The minimum atomic E-state index is -0.614. The quantitative estimate of drug-likeness (QED) is 0.598. The molecule has 0 aliphatic heterocycles. The van der Waals surface area contributed by atoms with Crippen LogP contribution in [0.25, 0.3) is 0 Å². The van der Waals surface area contributed by atoms with Crippen LogP contribution < -0.4 is 5.32 Å². The first kappa shape index (κ1) is 15.8. The molecule has 2 rings (SSSR count). The third kappa shape index (κ3) is 3.72. The van der Waals surface area contributed by atoms with Crippen molar-refractivity contribution in [2.45, 2.75) is 0 Å². The van der Waals surface area contributed by atoms with E-state index >= 15 is 0 Å². The van der Waals surface area contributed by atoms with E-state index in [1.807, 2.05) is 0 Å². The van der Waals surface area contributed by atoms with Crippen LogP contribution in [0.4, 0.5) is 11.4 Å².